The molecule has 1 amide bonds. The van der Waals surface area contributed by atoms with E-state index in [-0.39, 0.29) is 18.9 Å². The van der Waals surface area contributed by atoms with Gasteiger partial charge in [-0.2, -0.15) is 0 Å². The highest BCUT2D eigenvalue weighted by molar-refractivity contribution is 7.09. The first kappa shape index (κ1) is 14.9. The Balaban J connectivity index is 2.09. The van der Waals surface area contributed by atoms with Gasteiger partial charge in [-0.3, -0.25) is 9.59 Å². The molecule has 1 atom stereocenters. The van der Waals surface area contributed by atoms with Gasteiger partial charge in [0.05, 0.1) is 30.7 Å². The normalized spacial score (nSPS) is 19.1. The number of nitrogens with zero attached hydrogens (tertiary/aromatic N) is 2. The zero-order valence-corrected chi connectivity index (χ0v) is 12.2. The molecule has 2 rings (SSSR count). The fourth-order valence-electron chi connectivity index (χ4n) is 2.18. The van der Waals surface area contributed by atoms with Crippen LogP contribution in [0.2, 0.25) is 0 Å². The number of carbonyl (C=O) groups excluding carboxylic acids is 1. The van der Waals surface area contributed by atoms with E-state index in [1.165, 1.54) is 11.3 Å². The molecule has 1 saturated heterocycles. The maximum atomic E-state index is 12.4. The summed E-state index contributed by atoms with van der Waals surface area (Å²) in [5.41, 5.74) is 0.413. The van der Waals surface area contributed by atoms with Crippen LogP contribution >= 0.6 is 11.3 Å². The van der Waals surface area contributed by atoms with Crippen molar-refractivity contribution in [3.8, 4) is 0 Å². The second-order valence-corrected chi connectivity index (χ2v) is 5.64. The van der Waals surface area contributed by atoms with Crippen LogP contribution in [-0.2, 0) is 16.0 Å². The molecule has 20 heavy (non-hydrogen) atoms. The minimum absolute atomic E-state index is 0.0995. The number of rotatable bonds is 5. The number of carbonyl (C=O) groups is 2. The van der Waals surface area contributed by atoms with Gasteiger partial charge in [0, 0.05) is 11.9 Å². The summed E-state index contributed by atoms with van der Waals surface area (Å²) < 4.78 is 5.27. The fraction of sp³-hybridized carbons (Fsp3) is 0.615. The van der Waals surface area contributed by atoms with Gasteiger partial charge in [-0.05, 0) is 12.8 Å². The molecule has 2 heterocycles. The first-order valence-corrected chi connectivity index (χ1v) is 7.54. The monoisotopic (exact) mass is 298 g/mol. The lowest BCUT2D eigenvalue weighted by atomic mass is 10.1. The molecule has 1 unspecified atom stereocenters. The number of thiazole rings is 1. The van der Waals surface area contributed by atoms with Gasteiger partial charge in [0.15, 0.2) is 0 Å². The summed E-state index contributed by atoms with van der Waals surface area (Å²) in [6, 6.07) is -0.412. The number of aliphatic carboxylic acids is 1. The maximum Gasteiger partial charge on any atom is 0.305 e. The topological polar surface area (TPSA) is 79.7 Å². The minimum Gasteiger partial charge on any atom is -0.481 e. The molecule has 1 N–H and O–H groups in total. The molecular formula is C13H18N2O4S. The standard InChI is InChI=1S/C13H18N2O4S/c1-2-3-11-14-10(8-20-11)13(18)15-4-5-19-7-9(15)6-12(16)17/h8-9H,2-7H2,1H3,(H,16,17). The zero-order chi connectivity index (χ0) is 14.5. The van der Waals surface area contributed by atoms with Crippen LogP contribution in [-0.4, -0.2) is 52.7 Å². The lowest BCUT2D eigenvalue weighted by Crippen LogP contribution is -2.49. The number of carboxylic acid groups (broad SMARTS) is 1. The van der Waals surface area contributed by atoms with Crippen LogP contribution in [0.25, 0.3) is 0 Å². The van der Waals surface area contributed by atoms with Crippen LogP contribution in [0.4, 0.5) is 0 Å². The molecule has 0 radical (unpaired) electrons. The lowest BCUT2D eigenvalue weighted by Gasteiger charge is -2.34. The molecule has 0 spiro atoms. The van der Waals surface area contributed by atoms with Gasteiger partial charge in [0.2, 0.25) is 0 Å². The van der Waals surface area contributed by atoms with Gasteiger partial charge >= 0.3 is 5.97 Å². The summed E-state index contributed by atoms with van der Waals surface area (Å²) in [5, 5.41) is 11.6. The predicted molar refractivity (Wildman–Crippen MR) is 74.0 cm³/mol. The highest BCUT2D eigenvalue weighted by atomic mass is 32.1. The van der Waals surface area contributed by atoms with E-state index in [4.69, 9.17) is 9.84 Å². The number of aryl methyl sites for hydroxylation is 1. The molecule has 0 saturated carbocycles. The molecule has 1 aliphatic rings. The third kappa shape index (κ3) is 3.55. The van der Waals surface area contributed by atoms with Crippen molar-refractivity contribution in [3.05, 3.63) is 16.1 Å². The number of morpholine rings is 1. The van der Waals surface area contributed by atoms with Gasteiger partial charge in [-0.15, -0.1) is 11.3 Å². The Bertz CT molecular complexity index is 488. The molecule has 6 nitrogen and oxygen atoms in total. The van der Waals surface area contributed by atoms with E-state index in [0.29, 0.717) is 18.8 Å². The summed E-state index contributed by atoms with van der Waals surface area (Å²) in [5.74, 6) is -1.12. The fourth-order valence-corrected chi connectivity index (χ4v) is 3.05. The maximum absolute atomic E-state index is 12.4. The first-order chi connectivity index (χ1) is 9.61. The Labute approximate surface area is 121 Å². The summed E-state index contributed by atoms with van der Waals surface area (Å²) in [6.07, 6.45) is 1.75. The molecule has 1 fully saturated rings. The van der Waals surface area contributed by atoms with E-state index in [0.717, 1.165) is 17.8 Å². The number of hydrogen-bond donors (Lipinski definition) is 1. The average Bonchev–Trinajstić information content (AvgIpc) is 2.87. The number of aromatic nitrogens is 1. The van der Waals surface area contributed by atoms with Gasteiger partial charge in [-0.1, -0.05) is 6.92 Å². The van der Waals surface area contributed by atoms with Crippen molar-refractivity contribution in [2.75, 3.05) is 19.8 Å². The summed E-state index contributed by atoms with van der Waals surface area (Å²) >= 11 is 1.48. The highest BCUT2D eigenvalue weighted by Gasteiger charge is 2.30. The van der Waals surface area contributed by atoms with Crippen LogP contribution in [0.5, 0.6) is 0 Å². The predicted octanol–water partition coefficient (Wildman–Crippen LogP) is 1.41. The number of ether oxygens (including phenoxy) is 1. The van der Waals surface area contributed by atoms with E-state index >= 15 is 0 Å². The number of amides is 1. The van der Waals surface area contributed by atoms with Crippen LogP contribution in [0, 0.1) is 0 Å². The Morgan fingerprint density at radius 1 is 1.60 bits per heavy atom. The Morgan fingerprint density at radius 2 is 2.40 bits per heavy atom. The zero-order valence-electron chi connectivity index (χ0n) is 11.4. The number of hydrogen-bond acceptors (Lipinski definition) is 5. The molecule has 0 aromatic carbocycles. The van der Waals surface area contributed by atoms with Crippen LogP contribution < -0.4 is 0 Å². The van der Waals surface area contributed by atoms with Crippen molar-refractivity contribution >= 4 is 23.2 Å². The Hall–Kier alpha value is -1.47. The van der Waals surface area contributed by atoms with Crippen molar-refractivity contribution in [2.24, 2.45) is 0 Å². The van der Waals surface area contributed by atoms with Crippen molar-refractivity contribution in [2.45, 2.75) is 32.2 Å². The Morgan fingerprint density at radius 3 is 3.10 bits per heavy atom. The van der Waals surface area contributed by atoms with Gasteiger partial charge in [0.1, 0.15) is 5.69 Å². The summed E-state index contributed by atoms with van der Waals surface area (Å²) in [7, 11) is 0. The third-order valence-corrected chi connectivity index (χ3v) is 4.04. The molecule has 1 aromatic heterocycles. The molecule has 110 valence electrons. The lowest BCUT2D eigenvalue weighted by molar-refractivity contribution is -0.139. The minimum atomic E-state index is -0.928. The van der Waals surface area contributed by atoms with E-state index in [1.54, 1.807) is 10.3 Å². The van der Waals surface area contributed by atoms with Crippen molar-refractivity contribution < 1.29 is 19.4 Å². The Kier molecular flexibility index (Phi) is 5.08. The van der Waals surface area contributed by atoms with E-state index < -0.39 is 12.0 Å². The molecule has 7 heteroatoms. The third-order valence-electron chi connectivity index (χ3n) is 3.13. The van der Waals surface area contributed by atoms with Gasteiger partial charge < -0.3 is 14.7 Å². The second kappa shape index (κ2) is 6.81. The van der Waals surface area contributed by atoms with Crippen LogP contribution in [0.1, 0.15) is 35.3 Å². The van der Waals surface area contributed by atoms with Gasteiger partial charge in [-0.25, -0.2) is 4.98 Å². The molecule has 1 aromatic rings. The SMILES string of the molecule is CCCc1nc(C(=O)N2CCOCC2CC(=O)O)cs1. The molecule has 0 aliphatic carbocycles. The van der Waals surface area contributed by atoms with Crippen molar-refractivity contribution in [3.63, 3.8) is 0 Å². The molecule has 0 bridgehead atoms. The largest absolute Gasteiger partial charge is 0.481 e. The van der Waals surface area contributed by atoms with Crippen LogP contribution in [0.15, 0.2) is 5.38 Å². The highest BCUT2D eigenvalue weighted by Crippen LogP contribution is 2.18. The molecule has 1 aliphatic heterocycles. The average molecular weight is 298 g/mol. The van der Waals surface area contributed by atoms with E-state index in [1.807, 2.05) is 0 Å². The summed E-state index contributed by atoms with van der Waals surface area (Å²) in [4.78, 5) is 29.2. The van der Waals surface area contributed by atoms with Crippen molar-refractivity contribution in [1.29, 1.82) is 0 Å². The second-order valence-electron chi connectivity index (χ2n) is 4.70. The van der Waals surface area contributed by atoms with Crippen molar-refractivity contribution in [1.82, 2.24) is 9.88 Å². The van der Waals surface area contributed by atoms with E-state index in [9.17, 15) is 9.59 Å². The van der Waals surface area contributed by atoms with Crippen LogP contribution in [0.3, 0.4) is 0 Å². The summed E-state index contributed by atoms with van der Waals surface area (Å²) in [6.45, 7) is 3.18. The number of carboxylic acids is 1. The van der Waals surface area contributed by atoms with E-state index in [2.05, 4.69) is 11.9 Å². The first-order valence-electron chi connectivity index (χ1n) is 6.66. The smallest absolute Gasteiger partial charge is 0.305 e. The van der Waals surface area contributed by atoms with Gasteiger partial charge in [0.25, 0.3) is 5.91 Å². The quantitative estimate of drug-likeness (QED) is 0.889. The molecular weight excluding hydrogens is 280 g/mol.